The minimum absolute atomic E-state index is 0.450. The van der Waals surface area contributed by atoms with Gasteiger partial charge < -0.3 is 18.6 Å². The standard InChI is InChI=1S/C80H52N8O2/c1-5-19-57(20-6-1)77-83-85-79(89-77)59-37-45-69(46-38-59)87(65-25-9-3-10-26-65)67-41-33-55(34-42-67)75-76(82-74-52-72(64-32-30-54-18-14-16-24-62(54)50-64)71(51-73(74)81-75)63-31-29-53-17-13-15-23-61(53)49-63)56-35-43-68(44-36-56)88(66-27-11-4-12-28-66)70-47-39-60(40-48-70)80-86-84-78(90-80)58-21-7-2-8-22-58/h1-52H. The SMILES string of the molecule is c1ccc(-c2nnc(-c3ccc(N(c4ccccc4)c4ccc(-c5nc6cc(-c7ccc8ccccc8c7)c(-c7ccc8ccccc8c7)cc6nc5-c5ccc(N(c6ccccc6)c6ccc(-c7nnc(-c8ccccc8)o7)cc6)cc5)cc4)cc3)o2)cc1. The summed E-state index contributed by atoms with van der Waals surface area (Å²) in [6.45, 7) is 0. The van der Waals surface area contributed by atoms with E-state index in [-0.39, 0.29) is 0 Å². The van der Waals surface area contributed by atoms with E-state index in [1.807, 2.05) is 97.1 Å². The van der Waals surface area contributed by atoms with Gasteiger partial charge in [0.2, 0.25) is 23.6 Å². The molecular formula is C80H52N8O2. The van der Waals surface area contributed by atoms with Gasteiger partial charge in [0, 0.05) is 67.5 Å². The van der Waals surface area contributed by atoms with Crippen molar-refractivity contribution in [1.29, 1.82) is 0 Å². The first-order valence-electron chi connectivity index (χ1n) is 29.8. The fraction of sp³-hybridized carbons (Fsp3) is 0. The Morgan fingerprint density at radius 3 is 0.822 bits per heavy atom. The lowest BCUT2D eigenvalue weighted by atomic mass is 9.91. The van der Waals surface area contributed by atoms with Crippen LogP contribution in [0.2, 0.25) is 0 Å². The van der Waals surface area contributed by atoms with Crippen LogP contribution in [0.5, 0.6) is 0 Å². The molecule has 0 fully saturated rings. The highest BCUT2D eigenvalue weighted by Gasteiger charge is 2.22. The topological polar surface area (TPSA) is 110 Å². The molecule has 16 aromatic rings. The molecule has 3 aromatic heterocycles. The van der Waals surface area contributed by atoms with Crippen molar-refractivity contribution in [3.05, 3.63) is 315 Å². The Hall–Kier alpha value is -12.4. The van der Waals surface area contributed by atoms with Gasteiger partial charge in [-0.15, -0.1) is 20.4 Å². The molecule has 3 heterocycles. The Balaban J connectivity index is 0.813. The number of hydrogen-bond donors (Lipinski definition) is 0. The second-order valence-electron chi connectivity index (χ2n) is 22.0. The van der Waals surface area contributed by atoms with Gasteiger partial charge in [-0.1, -0.05) is 170 Å². The van der Waals surface area contributed by atoms with Crippen LogP contribution in [0.15, 0.2) is 324 Å². The zero-order valence-electron chi connectivity index (χ0n) is 48.4. The van der Waals surface area contributed by atoms with Crippen molar-refractivity contribution in [3.8, 4) is 90.6 Å². The number of rotatable bonds is 14. The van der Waals surface area contributed by atoms with Crippen molar-refractivity contribution >= 4 is 66.7 Å². The van der Waals surface area contributed by atoms with Crippen LogP contribution >= 0.6 is 0 Å². The molecule has 0 aliphatic rings. The van der Waals surface area contributed by atoms with E-state index in [0.29, 0.717) is 23.6 Å². The summed E-state index contributed by atoms with van der Waals surface area (Å²) < 4.78 is 12.3. The molecule has 16 rings (SSSR count). The van der Waals surface area contributed by atoms with Gasteiger partial charge in [-0.3, -0.25) is 0 Å². The van der Waals surface area contributed by atoms with Crippen LogP contribution in [0.3, 0.4) is 0 Å². The highest BCUT2D eigenvalue weighted by atomic mass is 16.4. The van der Waals surface area contributed by atoms with E-state index < -0.39 is 0 Å². The molecule has 0 saturated heterocycles. The minimum atomic E-state index is 0.450. The number of benzene rings is 13. The second kappa shape index (κ2) is 23.1. The first-order valence-corrected chi connectivity index (χ1v) is 29.8. The summed E-state index contributed by atoms with van der Waals surface area (Å²) in [5.41, 5.74) is 18.4. The predicted molar refractivity (Wildman–Crippen MR) is 363 cm³/mol. The quantitative estimate of drug-likeness (QED) is 0.104. The number of nitrogens with zero attached hydrogens (tertiary/aromatic N) is 8. The zero-order valence-corrected chi connectivity index (χ0v) is 48.4. The number of anilines is 6. The molecule has 424 valence electrons. The van der Waals surface area contributed by atoms with Crippen molar-refractivity contribution in [2.24, 2.45) is 0 Å². The lowest BCUT2D eigenvalue weighted by Gasteiger charge is -2.26. The molecule has 0 unspecified atom stereocenters. The van der Waals surface area contributed by atoms with E-state index in [9.17, 15) is 0 Å². The number of hydrogen-bond acceptors (Lipinski definition) is 10. The van der Waals surface area contributed by atoms with Crippen LogP contribution in [-0.4, -0.2) is 30.4 Å². The van der Waals surface area contributed by atoms with Gasteiger partial charge in [0.25, 0.3) is 0 Å². The lowest BCUT2D eigenvalue weighted by molar-refractivity contribution is 0.584. The fourth-order valence-electron chi connectivity index (χ4n) is 11.9. The van der Waals surface area contributed by atoms with E-state index >= 15 is 0 Å². The van der Waals surface area contributed by atoms with E-state index in [4.69, 9.17) is 18.8 Å². The van der Waals surface area contributed by atoms with Crippen molar-refractivity contribution in [3.63, 3.8) is 0 Å². The summed E-state index contributed by atoms with van der Waals surface area (Å²) in [5.74, 6) is 1.85. The van der Waals surface area contributed by atoms with Gasteiger partial charge in [-0.05, 0) is 189 Å². The average Bonchev–Trinajstić information content (AvgIpc) is 1.02. The summed E-state index contributed by atoms with van der Waals surface area (Å²) >= 11 is 0. The molecule has 0 aliphatic heterocycles. The Morgan fingerprint density at radius 2 is 0.478 bits per heavy atom. The summed E-state index contributed by atoms with van der Waals surface area (Å²) in [6, 6.07) is 109. The third-order valence-electron chi connectivity index (χ3n) is 16.4. The highest BCUT2D eigenvalue weighted by Crippen LogP contribution is 2.43. The van der Waals surface area contributed by atoms with Gasteiger partial charge >= 0.3 is 0 Å². The van der Waals surface area contributed by atoms with Crippen LogP contribution in [0.25, 0.3) is 123 Å². The monoisotopic (exact) mass is 1160 g/mol. The largest absolute Gasteiger partial charge is 0.416 e. The molecule has 0 amide bonds. The normalized spacial score (nSPS) is 11.3. The Labute approximate surface area is 519 Å². The summed E-state index contributed by atoms with van der Waals surface area (Å²) in [4.78, 5) is 15.9. The van der Waals surface area contributed by atoms with E-state index in [1.165, 1.54) is 21.5 Å². The van der Waals surface area contributed by atoms with Crippen LogP contribution in [0.1, 0.15) is 0 Å². The van der Waals surface area contributed by atoms with E-state index in [2.05, 4.69) is 249 Å². The third kappa shape index (κ3) is 10.4. The van der Waals surface area contributed by atoms with Crippen molar-refractivity contribution in [2.45, 2.75) is 0 Å². The Bertz CT molecular complexity index is 4890. The number of fused-ring (bicyclic) bond motifs is 3. The molecule has 0 N–H and O–H groups in total. The first-order chi connectivity index (χ1) is 44.6. The summed E-state index contributed by atoms with van der Waals surface area (Å²) in [6.07, 6.45) is 0. The minimum Gasteiger partial charge on any atom is -0.416 e. The van der Waals surface area contributed by atoms with Crippen LogP contribution < -0.4 is 9.80 Å². The van der Waals surface area contributed by atoms with Gasteiger partial charge in [-0.2, -0.15) is 0 Å². The fourth-order valence-corrected chi connectivity index (χ4v) is 11.9. The smallest absolute Gasteiger partial charge is 0.248 e. The van der Waals surface area contributed by atoms with Gasteiger partial charge in [0.15, 0.2) is 0 Å². The van der Waals surface area contributed by atoms with E-state index in [1.54, 1.807) is 0 Å². The van der Waals surface area contributed by atoms with Crippen LogP contribution in [-0.2, 0) is 0 Å². The number of para-hydroxylation sites is 2. The first kappa shape index (κ1) is 53.1. The predicted octanol–water partition coefficient (Wildman–Crippen LogP) is 21.0. The van der Waals surface area contributed by atoms with Crippen LogP contribution in [0.4, 0.5) is 34.1 Å². The zero-order chi connectivity index (χ0) is 59.7. The molecule has 10 heteroatoms. The molecule has 0 bridgehead atoms. The third-order valence-corrected chi connectivity index (χ3v) is 16.4. The Morgan fingerprint density at radius 1 is 0.211 bits per heavy atom. The molecule has 0 aliphatic carbocycles. The van der Waals surface area contributed by atoms with Crippen molar-refractivity contribution in [1.82, 2.24) is 30.4 Å². The van der Waals surface area contributed by atoms with Gasteiger partial charge in [-0.25, -0.2) is 9.97 Å². The maximum Gasteiger partial charge on any atom is 0.248 e. The summed E-state index contributed by atoms with van der Waals surface area (Å²) in [5, 5.41) is 22.2. The molecule has 0 spiro atoms. The average molecular weight is 1160 g/mol. The molecule has 0 saturated carbocycles. The van der Waals surface area contributed by atoms with Crippen molar-refractivity contribution < 1.29 is 8.83 Å². The summed E-state index contributed by atoms with van der Waals surface area (Å²) in [7, 11) is 0. The molecule has 10 nitrogen and oxygen atoms in total. The molecule has 0 atom stereocenters. The second-order valence-corrected chi connectivity index (χ2v) is 22.0. The lowest BCUT2D eigenvalue weighted by Crippen LogP contribution is -2.10. The van der Waals surface area contributed by atoms with Gasteiger partial charge in [0.1, 0.15) is 0 Å². The van der Waals surface area contributed by atoms with Gasteiger partial charge in [0.05, 0.1) is 22.4 Å². The molecular weight excluding hydrogens is 1100 g/mol. The molecule has 90 heavy (non-hydrogen) atoms. The maximum atomic E-state index is 6.16. The maximum absolute atomic E-state index is 6.16. The van der Waals surface area contributed by atoms with Crippen LogP contribution in [0, 0.1) is 0 Å². The highest BCUT2D eigenvalue weighted by molar-refractivity contribution is 6.00. The molecule has 13 aromatic carbocycles. The molecule has 0 radical (unpaired) electrons. The van der Waals surface area contributed by atoms with Crippen molar-refractivity contribution in [2.75, 3.05) is 9.80 Å². The number of aromatic nitrogens is 6. The Kier molecular flexibility index (Phi) is 13.6. The van der Waals surface area contributed by atoms with E-state index in [0.717, 1.165) is 112 Å².